The van der Waals surface area contributed by atoms with Crippen molar-refractivity contribution in [2.24, 2.45) is 11.8 Å². The van der Waals surface area contributed by atoms with E-state index in [9.17, 15) is 9.36 Å². The maximum atomic E-state index is 13.0. The summed E-state index contributed by atoms with van der Waals surface area (Å²) in [7, 11) is 0.648. The third-order valence-corrected chi connectivity index (χ3v) is 14.2. The number of fused-ring (bicyclic) bond motifs is 1. The Balaban J connectivity index is 1.23. The van der Waals surface area contributed by atoms with E-state index >= 15 is 0 Å². The van der Waals surface area contributed by atoms with Gasteiger partial charge in [-0.15, -0.1) is 0 Å². The van der Waals surface area contributed by atoms with Crippen molar-refractivity contribution in [3.05, 3.63) is 83.9 Å². The van der Waals surface area contributed by atoms with Gasteiger partial charge >= 0.3 is 7.60 Å². The van der Waals surface area contributed by atoms with Gasteiger partial charge in [0.1, 0.15) is 30.3 Å². The Hall–Kier alpha value is -2.28. The van der Waals surface area contributed by atoms with E-state index in [2.05, 4.69) is 32.6 Å². The highest BCUT2D eigenvalue weighted by Crippen LogP contribution is 2.48. The monoisotopic (exact) mass is 798 g/mol. The summed E-state index contributed by atoms with van der Waals surface area (Å²) >= 11 is 0. The van der Waals surface area contributed by atoms with Crippen molar-refractivity contribution in [3.8, 4) is 0 Å². The molecule has 1 spiro atoms. The number of ketones is 1. The topological polar surface area (TPSA) is 117 Å². The smallest absolute Gasteiger partial charge is 0.337 e. The zero-order valence-corrected chi connectivity index (χ0v) is 34.8. The maximum Gasteiger partial charge on any atom is 0.337 e. The molecule has 0 unspecified atom stereocenters. The van der Waals surface area contributed by atoms with Crippen LogP contribution >= 0.6 is 7.60 Å². The summed E-state index contributed by atoms with van der Waals surface area (Å²) in [6.07, 6.45) is 4.62. The van der Waals surface area contributed by atoms with E-state index in [4.69, 9.17) is 42.2 Å². The van der Waals surface area contributed by atoms with Gasteiger partial charge in [0.2, 0.25) is 0 Å². The molecule has 0 bridgehead atoms. The average Bonchev–Trinajstić information content (AvgIpc) is 3.23. The Morgan fingerprint density at radius 2 is 1.62 bits per heavy atom. The van der Waals surface area contributed by atoms with Crippen LogP contribution in [-0.2, 0) is 64.8 Å². The van der Waals surface area contributed by atoms with E-state index in [-0.39, 0.29) is 49.0 Å². The fourth-order valence-corrected chi connectivity index (χ4v) is 9.88. The Morgan fingerprint density at radius 1 is 0.929 bits per heavy atom. The standard InChI is InChI=1S/C44H63O11P/c1-31(37-20-13-23-44(54-37)32(2)15-14-26-52-44)27-39(50-28-34-16-9-7-10-17-34)40-33(3)41(51-29-35-18-11-8-12-19-35)42-38(53-40)22-25-43(47-4,55-42)24-21-36(45)30-56(46,48-5)49-6/h7-12,16-19,31-32,37-42H,3,13-15,20-30H2,1-2,4-6H3/t31-,32-,37-,38+,39-,40-,41+,42+,43+,44+/m0/s1. The molecule has 0 aliphatic carbocycles. The molecule has 4 aliphatic heterocycles. The van der Waals surface area contributed by atoms with Gasteiger partial charge in [0.15, 0.2) is 11.6 Å². The fourth-order valence-electron chi connectivity index (χ4n) is 8.88. The van der Waals surface area contributed by atoms with Gasteiger partial charge in [0.05, 0.1) is 38.1 Å². The van der Waals surface area contributed by atoms with E-state index in [1.165, 1.54) is 14.2 Å². The third kappa shape index (κ3) is 10.5. The number of ether oxygens (including phenoxy) is 7. The van der Waals surface area contributed by atoms with Crippen LogP contribution in [0.4, 0.5) is 0 Å². The summed E-state index contributed by atoms with van der Waals surface area (Å²) in [6.45, 7) is 10.7. The zero-order chi connectivity index (χ0) is 39.8. The number of carbonyl (C=O) groups is 1. The predicted molar refractivity (Wildman–Crippen MR) is 212 cm³/mol. The van der Waals surface area contributed by atoms with Gasteiger partial charge < -0.3 is 42.2 Å². The summed E-state index contributed by atoms with van der Waals surface area (Å²) in [5.74, 6) is -1.37. The van der Waals surface area contributed by atoms with Crippen LogP contribution in [0.1, 0.15) is 89.2 Å². The molecule has 4 aliphatic rings. The quantitative estimate of drug-likeness (QED) is 0.107. The van der Waals surface area contributed by atoms with Crippen LogP contribution in [0.25, 0.3) is 0 Å². The van der Waals surface area contributed by atoms with Gasteiger partial charge in [0, 0.05) is 52.9 Å². The molecule has 12 heteroatoms. The van der Waals surface area contributed by atoms with Crippen molar-refractivity contribution < 1.29 is 51.6 Å². The Bertz CT molecular complexity index is 1600. The first-order valence-electron chi connectivity index (χ1n) is 20.4. The van der Waals surface area contributed by atoms with Gasteiger partial charge in [-0.1, -0.05) is 81.1 Å². The second-order valence-electron chi connectivity index (χ2n) is 16.1. The van der Waals surface area contributed by atoms with E-state index in [1.54, 1.807) is 7.11 Å². The van der Waals surface area contributed by atoms with Crippen LogP contribution in [0.2, 0.25) is 0 Å². The lowest BCUT2D eigenvalue weighted by Gasteiger charge is -2.52. The molecule has 4 saturated heterocycles. The molecule has 0 saturated carbocycles. The lowest BCUT2D eigenvalue weighted by atomic mass is 9.81. The first kappa shape index (κ1) is 43.3. The van der Waals surface area contributed by atoms with Crippen LogP contribution < -0.4 is 0 Å². The van der Waals surface area contributed by atoms with Crippen molar-refractivity contribution in [1.82, 2.24) is 0 Å². The summed E-state index contributed by atoms with van der Waals surface area (Å²) in [6, 6.07) is 20.2. The second-order valence-corrected chi connectivity index (χ2v) is 18.4. The van der Waals surface area contributed by atoms with E-state index in [0.717, 1.165) is 55.4 Å². The van der Waals surface area contributed by atoms with Crippen molar-refractivity contribution in [3.63, 3.8) is 0 Å². The molecule has 4 fully saturated rings. The third-order valence-electron chi connectivity index (χ3n) is 12.4. The molecular formula is C44H63O11P. The number of hydrogen-bond donors (Lipinski definition) is 0. The molecular weight excluding hydrogens is 735 g/mol. The molecule has 6 rings (SSSR count). The molecule has 0 aromatic heterocycles. The van der Waals surface area contributed by atoms with Crippen LogP contribution in [0.15, 0.2) is 72.8 Å². The molecule has 0 radical (unpaired) electrons. The minimum atomic E-state index is -3.50. The fraction of sp³-hybridized carbons (Fsp3) is 0.659. The lowest BCUT2D eigenvalue weighted by Crippen LogP contribution is -2.61. The minimum absolute atomic E-state index is 0.0200. The number of methoxy groups -OCH3 is 1. The number of hydrogen-bond acceptors (Lipinski definition) is 11. The largest absolute Gasteiger partial charge is 0.370 e. The van der Waals surface area contributed by atoms with E-state index in [1.807, 2.05) is 48.5 Å². The first-order chi connectivity index (χ1) is 27.0. The number of rotatable bonds is 18. The first-order valence-corrected chi connectivity index (χ1v) is 22.2. The van der Waals surface area contributed by atoms with Crippen LogP contribution in [0.3, 0.4) is 0 Å². The molecule has 10 atom stereocenters. The van der Waals surface area contributed by atoms with Crippen LogP contribution in [0, 0.1) is 11.8 Å². The van der Waals surface area contributed by atoms with Crippen LogP contribution in [0.5, 0.6) is 0 Å². The highest BCUT2D eigenvalue weighted by Gasteiger charge is 2.53. The van der Waals surface area contributed by atoms with Crippen molar-refractivity contribution >= 4 is 13.4 Å². The average molecular weight is 799 g/mol. The second kappa shape index (κ2) is 19.6. The molecule has 56 heavy (non-hydrogen) atoms. The molecule has 2 aromatic carbocycles. The van der Waals surface area contributed by atoms with Crippen molar-refractivity contribution in [1.29, 1.82) is 0 Å². The molecule has 2 aromatic rings. The molecule has 0 N–H and O–H groups in total. The predicted octanol–water partition coefficient (Wildman–Crippen LogP) is 8.58. The van der Waals surface area contributed by atoms with Gasteiger partial charge in [-0.25, -0.2) is 0 Å². The molecule has 4 heterocycles. The SMILES string of the molecule is C=C1[C@@H](OCc2ccccc2)[C@@H]2O[C@@](CCC(=O)CP(=O)(OC)OC)(OC)CC[C@H]2O[C@@H]1[C@H](C[C@H](C)[C@@H]1CCC[C@@]2(OCCC[C@@H]2C)O1)OCc1ccccc1. The molecule has 310 valence electrons. The summed E-state index contributed by atoms with van der Waals surface area (Å²) in [4.78, 5) is 13.0. The van der Waals surface area contributed by atoms with Crippen molar-refractivity contribution in [2.45, 2.75) is 139 Å². The summed E-state index contributed by atoms with van der Waals surface area (Å²) in [5, 5.41) is 0. The Morgan fingerprint density at radius 3 is 2.29 bits per heavy atom. The van der Waals surface area contributed by atoms with Crippen molar-refractivity contribution in [2.75, 3.05) is 34.1 Å². The Kier molecular flexibility index (Phi) is 15.2. The normalized spacial score (nSPS) is 32.1. The highest BCUT2D eigenvalue weighted by atomic mass is 31.2. The van der Waals surface area contributed by atoms with Gasteiger partial charge in [0.25, 0.3) is 0 Å². The maximum absolute atomic E-state index is 13.0. The number of benzene rings is 2. The van der Waals surface area contributed by atoms with Gasteiger partial charge in [-0.05, 0) is 61.1 Å². The summed E-state index contributed by atoms with van der Waals surface area (Å²) in [5.41, 5.74) is 2.83. The van der Waals surface area contributed by atoms with E-state index in [0.29, 0.717) is 38.4 Å². The number of Topliss-reactive ketones (excluding diaryl/α,β-unsaturated/α-hetero) is 1. The van der Waals surface area contributed by atoms with Gasteiger partial charge in [-0.2, -0.15) is 0 Å². The summed E-state index contributed by atoms with van der Waals surface area (Å²) < 4.78 is 69.5. The number of carbonyl (C=O) groups excluding carboxylic acids is 1. The lowest BCUT2D eigenvalue weighted by molar-refractivity contribution is -0.330. The highest BCUT2D eigenvalue weighted by molar-refractivity contribution is 7.54. The minimum Gasteiger partial charge on any atom is -0.370 e. The van der Waals surface area contributed by atoms with E-state index < -0.39 is 37.5 Å². The van der Waals surface area contributed by atoms with Crippen LogP contribution in [-0.4, -0.2) is 88.1 Å². The molecule has 11 nitrogen and oxygen atoms in total. The molecule has 0 amide bonds. The van der Waals surface area contributed by atoms with Gasteiger partial charge in [-0.3, -0.25) is 9.36 Å². The Labute approximate surface area is 333 Å². The zero-order valence-electron chi connectivity index (χ0n) is 33.9.